The number of nitrogens with zero attached hydrogens (tertiary/aromatic N) is 1. The van der Waals surface area contributed by atoms with Gasteiger partial charge in [-0.1, -0.05) is 48.5 Å². The number of ether oxygens (including phenoxy) is 1. The number of carbonyl (C=O) groups is 2. The molecule has 0 bridgehead atoms. The lowest BCUT2D eigenvalue weighted by Gasteiger charge is -2.21. The number of hydrogen-bond acceptors (Lipinski definition) is 4. The van der Waals surface area contributed by atoms with E-state index < -0.39 is 0 Å². The van der Waals surface area contributed by atoms with Crippen LogP contribution in [0.25, 0.3) is 0 Å². The molecule has 6 heteroatoms. The standard InChI is InChI=1S/C30H29N3O3/c1-2-33(27-11-7-4-8-12-27)30(35)24-13-15-26(16-14-24)32-29(34)21-31-25-17-19-28(20-18-25)36-22-23-9-5-3-6-10-23/h3-20,31H,2,21-22H2,1H3,(H,32,34). The minimum atomic E-state index is -0.182. The molecule has 4 aromatic carbocycles. The number of para-hydroxylation sites is 1. The molecule has 0 aliphatic heterocycles. The Morgan fingerprint density at radius 3 is 2.00 bits per heavy atom. The van der Waals surface area contributed by atoms with Gasteiger partial charge in [-0.25, -0.2) is 0 Å². The fourth-order valence-electron chi connectivity index (χ4n) is 3.70. The zero-order valence-corrected chi connectivity index (χ0v) is 20.2. The van der Waals surface area contributed by atoms with Gasteiger partial charge in [0.15, 0.2) is 0 Å². The molecule has 0 saturated heterocycles. The van der Waals surface area contributed by atoms with Gasteiger partial charge in [0.1, 0.15) is 12.4 Å². The summed E-state index contributed by atoms with van der Waals surface area (Å²) >= 11 is 0. The summed E-state index contributed by atoms with van der Waals surface area (Å²) in [5, 5.41) is 5.96. The molecule has 0 radical (unpaired) electrons. The van der Waals surface area contributed by atoms with E-state index >= 15 is 0 Å². The summed E-state index contributed by atoms with van der Waals surface area (Å²) in [4.78, 5) is 27.0. The van der Waals surface area contributed by atoms with E-state index in [2.05, 4.69) is 10.6 Å². The largest absolute Gasteiger partial charge is 0.489 e. The molecule has 0 aromatic heterocycles. The van der Waals surface area contributed by atoms with Crippen molar-refractivity contribution in [1.82, 2.24) is 0 Å². The van der Waals surface area contributed by atoms with E-state index in [0.29, 0.717) is 24.4 Å². The van der Waals surface area contributed by atoms with Gasteiger partial charge in [-0.3, -0.25) is 9.59 Å². The van der Waals surface area contributed by atoms with Crippen molar-refractivity contribution in [3.05, 3.63) is 120 Å². The third kappa shape index (κ3) is 6.73. The number of carbonyl (C=O) groups excluding carboxylic acids is 2. The number of hydrogen-bond donors (Lipinski definition) is 2. The highest BCUT2D eigenvalue weighted by Gasteiger charge is 2.16. The summed E-state index contributed by atoms with van der Waals surface area (Å²) in [5.41, 5.74) is 3.97. The van der Waals surface area contributed by atoms with Crippen molar-refractivity contribution in [2.45, 2.75) is 13.5 Å². The summed E-state index contributed by atoms with van der Waals surface area (Å²) < 4.78 is 5.79. The Balaban J connectivity index is 1.25. The molecule has 6 nitrogen and oxygen atoms in total. The first-order chi connectivity index (χ1) is 17.6. The van der Waals surface area contributed by atoms with E-state index in [0.717, 1.165) is 22.7 Å². The molecule has 182 valence electrons. The molecule has 0 saturated carbocycles. The molecule has 0 fully saturated rings. The highest BCUT2D eigenvalue weighted by molar-refractivity contribution is 6.06. The van der Waals surface area contributed by atoms with Gasteiger partial charge >= 0.3 is 0 Å². The molecule has 0 atom stereocenters. The van der Waals surface area contributed by atoms with Crippen LogP contribution >= 0.6 is 0 Å². The topological polar surface area (TPSA) is 70.7 Å². The van der Waals surface area contributed by atoms with Crippen LogP contribution in [-0.2, 0) is 11.4 Å². The zero-order chi connectivity index (χ0) is 25.2. The summed E-state index contributed by atoms with van der Waals surface area (Å²) in [6.07, 6.45) is 0. The van der Waals surface area contributed by atoms with Crippen molar-refractivity contribution in [2.24, 2.45) is 0 Å². The van der Waals surface area contributed by atoms with Gasteiger partial charge < -0.3 is 20.3 Å². The Hall–Kier alpha value is -4.58. The first-order valence-electron chi connectivity index (χ1n) is 11.9. The van der Waals surface area contributed by atoms with Crippen molar-refractivity contribution < 1.29 is 14.3 Å². The van der Waals surface area contributed by atoms with E-state index in [4.69, 9.17) is 4.74 Å². The maximum atomic E-state index is 12.9. The van der Waals surface area contributed by atoms with Crippen molar-refractivity contribution in [2.75, 3.05) is 28.6 Å². The molecular weight excluding hydrogens is 450 g/mol. The predicted molar refractivity (Wildman–Crippen MR) is 145 cm³/mol. The fraction of sp³-hybridized carbons (Fsp3) is 0.133. The quantitative estimate of drug-likeness (QED) is 0.293. The summed E-state index contributed by atoms with van der Waals surface area (Å²) in [6.45, 7) is 3.12. The third-order valence-corrected chi connectivity index (χ3v) is 5.60. The van der Waals surface area contributed by atoms with Crippen LogP contribution in [0.15, 0.2) is 109 Å². The van der Waals surface area contributed by atoms with Gasteiger partial charge in [0.2, 0.25) is 5.91 Å². The van der Waals surface area contributed by atoms with Crippen LogP contribution in [0.5, 0.6) is 5.75 Å². The summed E-state index contributed by atoms with van der Waals surface area (Å²) in [6, 6.07) is 34.0. The summed E-state index contributed by atoms with van der Waals surface area (Å²) in [7, 11) is 0. The van der Waals surface area contributed by atoms with Crippen LogP contribution in [0.4, 0.5) is 17.1 Å². The van der Waals surface area contributed by atoms with Crippen molar-refractivity contribution >= 4 is 28.9 Å². The lowest BCUT2D eigenvalue weighted by Crippen LogP contribution is -2.30. The average Bonchev–Trinajstić information content (AvgIpc) is 2.93. The van der Waals surface area contributed by atoms with Gasteiger partial charge in [-0.2, -0.15) is 0 Å². The Morgan fingerprint density at radius 2 is 1.36 bits per heavy atom. The maximum absolute atomic E-state index is 12.9. The molecular formula is C30H29N3O3. The fourth-order valence-corrected chi connectivity index (χ4v) is 3.70. The van der Waals surface area contributed by atoms with Gasteiger partial charge in [-0.15, -0.1) is 0 Å². The monoisotopic (exact) mass is 479 g/mol. The molecule has 0 aliphatic rings. The molecule has 4 aromatic rings. The van der Waals surface area contributed by atoms with Crippen LogP contribution < -0.4 is 20.3 Å². The van der Waals surface area contributed by atoms with Gasteiger partial charge in [0, 0.05) is 29.2 Å². The van der Waals surface area contributed by atoms with E-state index in [1.807, 2.05) is 91.9 Å². The number of anilines is 3. The second-order valence-corrected chi connectivity index (χ2v) is 8.16. The highest BCUT2D eigenvalue weighted by atomic mass is 16.5. The van der Waals surface area contributed by atoms with Crippen molar-refractivity contribution in [1.29, 1.82) is 0 Å². The smallest absolute Gasteiger partial charge is 0.258 e. The Bertz CT molecular complexity index is 1260. The van der Waals surface area contributed by atoms with E-state index in [1.54, 1.807) is 29.2 Å². The number of rotatable bonds is 10. The van der Waals surface area contributed by atoms with Gasteiger partial charge in [-0.05, 0) is 73.2 Å². The first kappa shape index (κ1) is 24.5. The molecule has 2 amide bonds. The van der Waals surface area contributed by atoms with Gasteiger partial charge in [0.25, 0.3) is 5.91 Å². The third-order valence-electron chi connectivity index (χ3n) is 5.60. The second kappa shape index (κ2) is 12.2. The molecule has 0 spiro atoms. The molecule has 36 heavy (non-hydrogen) atoms. The minimum absolute atomic E-state index is 0.0839. The minimum Gasteiger partial charge on any atom is -0.489 e. The predicted octanol–water partition coefficient (Wildman–Crippen LogP) is 5.98. The number of nitrogens with one attached hydrogen (secondary N) is 2. The van der Waals surface area contributed by atoms with E-state index in [1.165, 1.54) is 0 Å². The van der Waals surface area contributed by atoms with Crippen molar-refractivity contribution in [3.63, 3.8) is 0 Å². The number of benzene rings is 4. The SMILES string of the molecule is CCN(C(=O)c1ccc(NC(=O)CNc2ccc(OCc3ccccc3)cc2)cc1)c1ccccc1. The van der Waals surface area contributed by atoms with E-state index in [9.17, 15) is 9.59 Å². The van der Waals surface area contributed by atoms with E-state index in [-0.39, 0.29) is 18.4 Å². The highest BCUT2D eigenvalue weighted by Crippen LogP contribution is 2.19. The molecule has 2 N–H and O–H groups in total. The molecule has 0 heterocycles. The lowest BCUT2D eigenvalue weighted by molar-refractivity contribution is -0.114. The van der Waals surface area contributed by atoms with Crippen LogP contribution in [0.2, 0.25) is 0 Å². The Kier molecular flexibility index (Phi) is 8.33. The van der Waals surface area contributed by atoms with Crippen molar-refractivity contribution in [3.8, 4) is 5.75 Å². The first-order valence-corrected chi connectivity index (χ1v) is 11.9. The molecule has 0 aliphatic carbocycles. The molecule has 4 rings (SSSR count). The normalized spacial score (nSPS) is 10.4. The Morgan fingerprint density at radius 1 is 0.750 bits per heavy atom. The van der Waals surface area contributed by atoms with Crippen LogP contribution in [0, 0.1) is 0 Å². The summed E-state index contributed by atoms with van der Waals surface area (Å²) in [5.74, 6) is 0.495. The maximum Gasteiger partial charge on any atom is 0.258 e. The average molecular weight is 480 g/mol. The lowest BCUT2D eigenvalue weighted by atomic mass is 10.1. The Labute approximate surface area is 211 Å². The van der Waals surface area contributed by atoms with Gasteiger partial charge in [0.05, 0.1) is 6.54 Å². The van der Waals surface area contributed by atoms with Crippen LogP contribution in [-0.4, -0.2) is 24.9 Å². The zero-order valence-electron chi connectivity index (χ0n) is 20.2. The van der Waals surface area contributed by atoms with Crippen LogP contribution in [0.3, 0.4) is 0 Å². The molecule has 0 unspecified atom stereocenters. The number of amides is 2. The second-order valence-electron chi connectivity index (χ2n) is 8.16. The van der Waals surface area contributed by atoms with Crippen LogP contribution in [0.1, 0.15) is 22.8 Å².